The molecule has 1 aromatic carbocycles. The van der Waals surface area contributed by atoms with Crippen molar-refractivity contribution < 1.29 is 4.74 Å². The molecular formula is C18H26N4O. The predicted octanol–water partition coefficient (Wildman–Crippen LogP) is 2.51. The van der Waals surface area contributed by atoms with Crippen LogP contribution in [0.2, 0.25) is 0 Å². The third kappa shape index (κ3) is 3.92. The molecule has 1 aliphatic rings. The molecule has 0 amide bonds. The largest absolute Gasteiger partial charge is 0.398 e. The van der Waals surface area contributed by atoms with Crippen molar-refractivity contribution in [2.75, 3.05) is 50.4 Å². The summed E-state index contributed by atoms with van der Waals surface area (Å²) in [6, 6.07) is 8.05. The summed E-state index contributed by atoms with van der Waals surface area (Å²) < 4.78 is 5.40. The molecule has 0 radical (unpaired) electrons. The van der Waals surface area contributed by atoms with E-state index in [-0.39, 0.29) is 0 Å². The number of nitrogen functional groups attached to an aromatic ring is 1. The molecule has 5 heteroatoms. The maximum atomic E-state index is 6.10. The minimum absolute atomic E-state index is 0.548. The number of morpholine rings is 1. The first-order valence-electron chi connectivity index (χ1n) is 8.33. The topological polar surface area (TPSA) is 63.4 Å². The molecule has 1 atom stereocenters. The van der Waals surface area contributed by atoms with Crippen molar-refractivity contribution >= 4 is 22.3 Å². The molecule has 3 N–H and O–H groups in total. The summed E-state index contributed by atoms with van der Waals surface area (Å²) >= 11 is 0. The molecule has 1 saturated heterocycles. The lowest BCUT2D eigenvalue weighted by molar-refractivity contribution is 0.0325. The van der Waals surface area contributed by atoms with Crippen LogP contribution < -0.4 is 11.1 Å². The third-order valence-electron chi connectivity index (χ3n) is 4.33. The Hall–Kier alpha value is -1.85. The molecule has 3 rings (SSSR count). The van der Waals surface area contributed by atoms with Gasteiger partial charge in [-0.2, -0.15) is 0 Å². The Balaban J connectivity index is 1.68. The minimum Gasteiger partial charge on any atom is -0.398 e. The van der Waals surface area contributed by atoms with Gasteiger partial charge in [-0.05, 0) is 25.0 Å². The van der Waals surface area contributed by atoms with Gasteiger partial charge in [0.05, 0.1) is 13.2 Å². The molecular weight excluding hydrogens is 288 g/mol. The highest BCUT2D eigenvalue weighted by Crippen LogP contribution is 2.27. The number of rotatable bonds is 5. The van der Waals surface area contributed by atoms with Crippen LogP contribution in [-0.4, -0.2) is 49.3 Å². The highest BCUT2D eigenvalue weighted by Gasteiger charge is 2.14. The first-order valence-corrected chi connectivity index (χ1v) is 8.33. The van der Waals surface area contributed by atoms with Crippen LogP contribution in [-0.2, 0) is 4.74 Å². The molecule has 2 heterocycles. The molecule has 2 aromatic rings. The maximum absolute atomic E-state index is 6.10. The lowest BCUT2D eigenvalue weighted by atomic mass is 10.1. The number of nitrogens with one attached hydrogen (secondary N) is 1. The van der Waals surface area contributed by atoms with Crippen molar-refractivity contribution in [2.24, 2.45) is 5.92 Å². The molecule has 23 heavy (non-hydrogen) atoms. The Bertz CT molecular complexity index is 667. The first kappa shape index (κ1) is 16.0. The number of fused-ring (bicyclic) bond motifs is 1. The van der Waals surface area contributed by atoms with E-state index in [1.54, 1.807) is 0 Å². The lowest BCUT2D eigenvalue weighted by Gasteiger charge is -2.29. The van der Waals surface area contributed by atoms with E-state index in [1.165, 1.54) is 0 Å². The number of hydrogen-bond acceptors (Lipinski definition) is 5. The molecule has 124 valence electrons. The van der Waals surface area contributed by atoms with E-state index in [1.807, 2.05) is 25.1 Å². The van der Waals surface area contributed by atoms with Crippen LogP contribution in [0, 0.1) is 12.8 Å². The summed E-state index contributed by atoms with van der Waals surface area (Å²) in [7, 11) is 0. The van der Waals surface area contributed by atoms with Crippen LogP contribution in [0.15, 0.2) is 24.3 Å². The van der Waals surface area contributed by atoms with Crippen molar-refractivity contribution in [1.29, 1.82) is 0 Å². The SMILES string of the molecule is Cc1cc2c(N)cccc2c(NCC(C)CN2CCOCC2)n1. The second kappa shape index (κ2) is 7.15. The smallest absolute Gasteiger partial charge is 0.134 e. The average Bonchev–Trinajstić information content (AvgIpc) is 2.54. The standard InChI is InChI=1S/C18H26N4O/c1-13(12-22-6-8-23-9-7-22)11-20-18-15-4-3-5-17(19)16(15)10-14(2)21-18/h3-5,10,13H,6-9,11-12,19H2,1-2H3,(H,20,21). The zero-order chi connectivity index (χ0) is 16.2. The molecule has 0 spiro atoms. The summed E-state index contributed by atoms with van der Waals surface area (Å²) in [5.41, 5.74) is 7.89. The fourth-order valence-corrected chi connectivity index (χ4v) is 3.12. The molecule has 1 aromatic heterocycles. The second-order valence-electron chi connectivity index (χ2n) is 6.45. The van der Waals surface area contributed by atoms with Gasteiger partial charge in [0.2, 0.25) is 0 Å². The van der Waals surface area contributed by atoms with E-state index in [4.69, 9.17) is 10.5 Å². The van der Waals surface area contributed by atoms with E-state index in [2.05, 4.69) is 28.2 Å². The number of nitrogens with zero attached hydrogens (tertiary/aromatic N) is 2. The Kier molecular flexibility index (Phi) is 4.98. The summed E-state index contributed by atoms with van der Waals surface area (Å²) in [6.07, 6.45) is 0. The lowest BCUT2D eigenvalue weighted by Crippen LogP contribution is -2.40. The van der Waals surface area contributed by atoms with Crippen LogP contribution in [0.25, 0.3) is 10.8 Å². The van der Waals surface area contributed by atoms with Crippen LogP contribution in [0.5, 0.6) is 0 Å². The third-order valence-corrected chi connectivity index (χ3v) is 4.33. The van der Waals surface area contributed by atoms with Crippen LogP contribution >= 0.6 is 0 Å². The molecule has 0 aliphatic carbocycles. The Morgan fingerprint density at radius 1 is 1.30 bits per heavy atom. The minimum atomic E-state index is 0.548. The van der Waals surface area contributed by atoms with Gasteiger partial charge in [0, 0.05) is 48.3 Å². The van der Waals surface area contributed by atoms with Crippen molar-refractivity contribution in [1.82, 2.24) is 9.88 Å². The number of ether oxygens (including phenoxy) is 1. The van der Waals surface area contributed by atoms with E-state index < -0.39 is 0 Å². The zero-order valence-corrected chi connectivity index (χ0v) is 14.0. The quantitative estimate of drug-likeness (QED) is 0.830. The first-order chi connectivity index (χ1) is 11.1. The number of benzene rings is 1. The fraction of sp³-hybridized carbons (Fsp3) is 0.500. The Labute approximate surface area is 137 Å². The Morgan fingerprint density at radius 3 is 2.87 bits per heavy atom. The number of aryl methyl sites for hydroxylation is 1. The van der Waals surface area contributed by atoms with Crippen molar-refractivity contribution in [3.63, 3.8) is 0 Å². The summed E-state index contributed by atoms with van der Waals surface area (Å²) in [6.45, 7) is 10.0. The van der Waals surface area contributed by atoms with Gasteiger partial charge in [-0.1, -0.05) is 19.1 Å². The van der Waals surface area contributed by atoms with E-state index in [9.17, 15) is 0 Å². The number of pyridine rings is 1. The molecule has 5 nitrogen and oxygen atoms in total. The highest BCUT2D eigenvalue weighted by atomic mass is 16.5. The average molecular weight is 314 g/mol. The molecule has 0 bridgehead atoms. The molecule has 1 fully saturated rings. The van der Waals surface area contributed by atoms with Crippen LogP contribution in [0.3, 0.4) is 0 Å². The summed E-state index contributed by atoms with van der Waals surface area (Å²) in [5.74, 6) is 1.48. The van der Waals surface area contributed by atoms with Crippen molar-refractivity contribution in [2.45, 2.75) is 13.8 Å². The molecule has 1 unspecified atom stereocenters. The molecule has 1 aliphatic heterocycles. The van der Waals surface area contributed by atoms with Gasteiger partial charge < -0.3 is 15.8 Å². The van der Waals surface area contributed by atoms with Gasteiger partial charge in [0.15, 0.2) is 0 Å². The van der Waals surface area contributed by atoms with Gasteiger partial charge in [0.25, 0.3) is 0 Å². The van der Waals surface area contributed by atoms with Crippen LogP contribution in [0.1, 0.15) is 12.6 Å². The monoisotopic (exact) mass is 314 g/mol. The van der Waals surface area contributed by atoms with Gasteiger partial charge in [-0.3, -0.25) is 4.90 Å². The van der Waals surface area contributed by atoms with Gasteiger partial charge in [-0.15, -0.1) is 0 Å². The van der Waals surface area contributed by atoms with E-state index in [0.717, 1.165) is 67.4 Å². The van der Waals surface area contributed by atoms with Crippen molar-refractivity contribution in [3.8, 4) is 0 Å². The van der Waals surface area contributed by atoms with Gasteiger partial charge in [0.1, 0.15) is 5.82 Å². The number of aromatic nitrogens is 1. The van der Waals surface area contributed by atoms with Gasteiger partial charge >= 0.3 is 0 Å². The Morgan fingerprint density at radius 2 is 2.09 bits per heavy atom. The zero-order valence-electron chi connectivity index (χ0n) is 14.0. The number of nitrogens with two attached hydrogens (primary N) is 1. The highest BCUT2D eigenvalue weighted by molar-refractivity contribution is 5.99. The number of hydrogen-bond donors (Lipinski definition) is 2. The van der Waals surface area contributed by atoms with E-state index >= 15 is 0 Å². The van der Waals surface area contributed by atoms with E-state index in [0.29, 0.717) is 5.92 Å². The number of anilines is 2. The van der Waals surface area contributed by atoms with Crippen molar-refractivity contribution in [3.05, 3.63) is 30.0 Å². The van der Waals surface area contributed by atoms with Crippen LogP contribution in [0.4, 0.5) is 11.5 Å². The molecule has 0 saturated carbocycles. The summed E-state index contributed by atoms with van der Waals surface area (Å²) in [5, 5.41) is 5.68. The normalized spacial score (nSPS) is 17.3. The summed E-state index contributed by atoms with van der Waals surface area (Å²) in [4.78, 5) is 7.13. The second-order valence-corrected chi connectivity index (χ2v) is 6.45. The fourth-order valence-electron chi connectivity index (χ4n) is 3.12. The van der Waals surface area contributed by atoms with Gasteiger partial charge in [-0.25, -0.2) is 4.98 Å². The predicted molar refractivity (Wildman–Crippen MR) is 95.8 cm³/mol. The maximum Gasteiger partial charge on any atom is 0.134 e.